The van der Waals surface area contributed by atoms with Crippen molar-refractivity contribution in [2.45, 2.75) is 0 Å². The molecule has 1 aromatic rings. The number of hydrogen-bond acceptors (Lipinski definition) is 2. The highest BCUT2D eigenvalue weighted by Crippen LogP contribution is 2.05. The average Bonchev–Trinajstić information content (AvgIpc) is 2.07. The van der Waals surface area contributed by atoms with Crippen molar-refractivity contribution in [3.63, 3.8) is 0 Å². The third-order valence-electron chi connectivity index (χ3n) is 1.16. The predicted molar refractivity (Wildman–Crippen MR) is 45.3 cm³/mol. The molecule has 0 spiro atoms. The highest BCUT2D eigenvalue weighted by Gasteiger charge is 1.86. The highest BCUT2D eigenvalue weighted by atomic mass is 16.6. The van der Waals surface area contributed by atoms with Crippen LogP contribution in [0.4, 0.5) is 0 Å². The van der Waals surface area contributed by atoms with E-state index < -0.39 is 0 Å². The lowest BCUT2D eigenvalue weighted by molar-refractivity contribution is 0.209. The quantitative estimate of drug-likeness (QED) is 0.400. The van der Waals surface area contributed by atoms with Gasteiger partial charge in [0.1, 0.15) is 5.75 Å². The van der Waals surface area contributed by atoms with Crippen LogP contribution in [-0.2, 0) is 0 Å². The lowest BCUT2D eigenvalue weighted by Crippen LogP contribution is -2.17. The molecular formula is C9H11NO. The zero-order valence-corrected chi connectivity index (χ0v) is 6.29. The molecule has 0 atom stereocenters. The topological polar surface area (TPSA) is 21.3 Å². The minimum atomic E-state index is 0.648. The normalized spacial score (nSPS) is 9.09. The first-order valence-electron chi connectivity index (χ1n) is 3.49. The van der Waals surface area contributed by atoms with Crippen LogP contribution in [0.25, 0.3) is 0 Å². The summed E-state index contributed by atoms with van der Waals surface area (Å²) >= 11 is 0. The van der Waals surface area contributed by atoms with Gasteiger partial charge in [0.15, 0.2) is 0 Å². The third kappa shape index (κ3) is 2.87. The van der Waals surface area contributed by atoms with Crippen LogP contribution < -0.4 is 10.3 Å². The van der Waals surface area contributed by atoms with Gasteiger partial charge in [-0.15, -0.1) is 6.58 Å². The molecule has 2 heteroatoms. The van der Waals surface area contributed by atoms with E-state index in [4.69, 9.17) is 4.84 Å². The second-order valence-electron chi connectivity index (χ2n) is 2.05. The Kier molecular flexibility index (Phi) is 3.22. The van der Waals surface area contributed by atoms with Gasteiger partial charge in [-0.3, -0.25) is 0 Å². The summed E-state index contributed by atoms with van der Waals surface area (Å²) in [6, 6.07) is 9.56. The first-order valence-corrected chi connectivity index (χ1v) is 3.49. The SMILES string of the molecule is C=CCNOc1ccccc1. The van der Waals surface area contributed by atoms with E-state index in [9.17, 15) is 0 Å². The van der Waals surface area contributed by atoms with Crippen LogP contribution in [0, 0.1) is 0 Å². The molecule has 0 aliphatic heterocycles. The Bertz CT molecular complexity index is 208. The van der Waals surface area contributed by atoms with Crippen molar-refractivity contribution in [2.24, 2.45) is 0 Å². The fourth-order valence-corrected chi connectivity index (χ4v) is 0.672. The molecule has 0 fully saturated rings. The molecule has 1 aromatic carbocycles. The van der Waals surface area contributed by atoms with Crippen molar-refractivity contribution in [1.29, 1.82) is 0 Å². The van der Waals surface area contributed by atoms with E-state index in [-0.39, 0.29) is 0 Å². The predicted octanol–water partition coefficient (Wildman–Crippen LogP) is 1.76. The van der Waals surface area contributed by atoms with Gasteiger partial charge in [-0.2, -0.15) is 5.48 Å². The summed E-state index contributed by atoms with van der Waals surface area (Å²) in [5, 5.41) is 0. The van der Waals surface area contributed by atoms with Crippen LogP contribution in [0.1, 0.15) is 0 Å². The first kappa shape index (κ1) is 7.82. The van der Waals surface area contributed by atoms with Gasteiger partial charge in [-0.05, 0) is 12.1 Å². The molecule has 2 nitrogen and oxygen atoms in total. The summed E-state index contributed by atoms with van der Waals surface area (Å²) < 4.78 is 0. The highest BCUT2D eigenvalue weighted by molar-refractivity contribution is 5.20. The molecule has 0 saturated heterocycles. The molecule has 0 amide bonds. The summed E-state index contributed by atoms with van der Waals surface area (Å²) in [5.41, 5.74) is 2.73. The molecule has 1 rings (SSSR count). The van der Waals surface area contributed by atoms with Crippen molar-refractivity contribution >= 4 is 0 Å². The Labute approximate surface area is 66.5 Å². The lowest BCUT2D eigenvalue weighted by Gasteiger charge is -2.02. The van der Waals surface area contributed by atoms with Crippen LogP contribution in [0.3, 0.4) is 0 Å². The van der Waals surface area contributed by atoms with E-state index in [0.29, 0.717) is 6.54 Å². The van der Waals surface area contributed by atoms with Crippen molar-refractivity contribution in [3.8, 4) is 5.75 Å². The Morgan fingerprint density at radius 3 is 2.73 bits per heavy atom. The third-order valence-corrected chi connectivity index (χ3v) is 1.16. The van der Waals surface area contributed by atoms with Gasteiger partial charge in [-0.1, -0.05) is 24.3 Å². The molecule has 0 unspecified atom stereocenters. The number of nitrogens with one attached hydrogen (secondary N) is 1. The maximum absolute atomic E-state index is 5.13. The molecule has 0 saturated carbocycles. The van der Waals surface area contributed by atoms with Crippen LogP contribution in [-0.4, -0.2) is 6.54 Å². The van der Waals surface area contributed by atoms with Gasteiger partial charge < -0.3 is 4.84 Å². The minimum absolute atomic E-state index is 0.648. The largest absolute Gasteiger partial charge is 0.408 e. The van der Waals surface area contributed by atoms with Crippen LogP contribution >= 0.6 is 0 Å². The maximum Gasteiger partial charge on any atom is 0.147 e. The van der Waals surface area contributed by atoms with Crippen LogP contribution in [0.5, 0.6) is 5.75 Å². The zero-order chi connectivity index (χ0) is 7.94. The summed E-state index contributed by atoms with van der Waals surface area (Å²) in [6.07, 6.45) is 1.74. The van der Waals surface area contributed by atoms with Gasteiger partial charge in [-0.25, -0.2) is 0 Å². The van der Waals surface area contributed by atoms with Crippen molar-refractivity contribution < 1.29 is 4.84 Å². The number of rotatable bonds is 4. The second kappa shape index (κ2) is 4.52. The van der Waals surface area contributed by atoms with Crippen molar-refractivity contribution in [1.82, 2.24) is 5.48 Å². The van der Waals surface area contributed by atoms with Crippen molar-refractivity contribution in [2.75, 3.05) is 6.54 Å². The summed E-state index contributed by atoms with van der Waals surface area (Å²) in [7, 11) is 0. The molecule has 0 bridgehead atoms. The van der Waals surface area contributed by atoms with E-state index in [1.165, 1.54) is 0 Å². The Morgan fingerprint density at radius 2 is 2.09 bits per heavy atom. The number of hydroxylamine groups is 1. The van der Waals surface area contributed by atoms with Gasteiger partial charge in [0.2, 0.25) is 0 Å². The van der Waals surface area contributed by atoms with Gasteiger partial charge in [0, 0.05) is 6.54 Å². The van der Waals surface area contributed by atoms with Gasteiger partial charge in [0.05, 0.1) is 0 Å². The molecule has 0 aliphatic rings. The summed E-state index contributed by atoms with van der Waals surface area (Å²) in [6.45, 7) is 4.20. The molecule has 1 N–H and O–H groups in total. The molecule has 11 heavy (non-hydrogen) atoms. The van der Waals surface area contributed by atoms with E-state index in [1.807, 2.05) is 30.3 Å². The molecule has 0 aliphatic carbocycles. The van der Waals surface area contributed by atoms with E-state index in [0.717, 1.165) is 5.75 Å². The van der Waals surface area contributed by atoms with Crippen LogP contribution in [0.2, 0.25) is 0 Å². The smallest absolute Gasteiger partial charge is 0.147 e. The van der Waals surface area contributed by atoms with E-state index in [2.05, 4.69) is 12.1 Å². The summed E-state index contributed by atoms with van der Waals surface area (Å²) in [5.74, 6) is 0.814. The average molecular weight is 149 g/mol. The van der Waals surface area contributed by atoms with Crippen LogP contribution in [0.15, 0.2) is 43.0 Å². The number of benzene rings is 1. The Morgan fingerprint density at radius 1 is 1.36 bits per heavy atom. The molecular weight excluding hydrogens is 138 g/mol. The maximum atomic E-state index is 5.13. The second-order valence-corrected chi connectivity index (χ2v) is 2.05. The minimum Gasteiger partial charge on any atom is -0.408 e. The van der Waals surface area contributed by atoms with Gasteiger partial charge in [0.25, 0.3) is 0 Å². The zero-order valence-electron chi connectivity index (χ0n) is 6.29. The lowest BCUT2D eigenvalue weighted by atomic mass is 10.3. The number of hydrogen-bond donors (Lipinski definition) is 1. The molecule has 0 aromatic heterocycles. The van der Waals surface area contributed by atoms with Crippen molar-refractivity contribution in [3.05, 3.63) is 43.0 Å². The van der Waals surface area contributed by atoms with E-state index in [1.54, 1.807) is 6.08 Å². The fourth-order valence-electron chi connectivity index (χ4n) is 0.672. The molecule has 58 valence electrons. The monoisotopic (exact) mass is 149 g/mol. The van der Waals surface area contributed by atoms with E-state index >= 15 is 0 Å². The van der Waals surface area contributed by atoms with Gasteiger partial charge >= 0.3 is 0 Å². The standard InChI is InChI=1S/C9H11NO/c1-2-8-10-11-9-6-4-3-5-7-9/h2-7,10H,1,8H2. The first-order chi connectivity index (χ1) is 5.43. The number of para-hydroxylation sites is 1. The molecule has 0 heterocycles. The fraction of sp³-hybridized carbons (Fsp3) is 0.111. The summed E-state index contributed by atoms with van der Waals surface area (Å²) in [4.78, 5) is 5.13. The Balaban J connectivity index is 2.33. The Hall–Kier alpha value is -1.28. The molecule has 0 radical (unpaired) electrons.